The number of carbonyl (C=O) groups is 1. The van der Waals surface area contributed by atoms with Gasteiger partial charge in [-0.05, 0) is 17.5 Å². The summed E-state index contributed by atoms with van der Waals surface area (Å²) in [4.78, 5) is 16.5. The smallest absolute Gasteiger partial charge is 0.320 e. The summed E-state index contributed by atoms with van der Waals surface area (Å²) >= 11 is 0. The molecule has 3 heteroatoms. The lowest BCUT2D eigenvalue weighted by Gasteiger charge is -2.35. The van der Waals surface area contributed by atoms with Gasteiger partial charge in [0.05, 0.1) is 0 Å². The van der Waals surface area contributed by atoms with Crippen LogP contribution in [0.1, 0.15) is 17.5 Å². The second-order valence-corrected chi connectivity index (χ2v) is 5.45. The molecular formula is C18H20N2O. The molecule has 1 saturated heterocycles. The Morgan fingerprint density at radius 1 is 0.714 bits per heavy atom. The Kier molecular flexibility index (Phi) is 4.20. The maximum Gasteiger partial charge on any atom is 0.320 e. The van der Waals surface area contributed by atoms with E-state index in [-0.39, 0.29) is 6.03 Å². The molecule has 21 heavy (non-hydrogen) atoms. The maximum atomic E-state index is 12.6. The first-order valence-corrected chi connectivity index (χ1v) is 7.44. The highest BCUT2D eigenvalue weighted by Crippen LogP contribution is 2.16. The van der Waals surface area contributed by atoms with Crippen molar-refractivity contribution in [1.82, 2.24) is 9.80 Å². The molecule has 1 heterocycles. The van der Waals surface area contributed by atoms with Crippen molar-refractivity contribution in [3.8, 4) is 0 Å². The van der Waals surface area contributed by atoms with Crippen LogP contribution >= 0.6 is 0 Å². The highest BCUT2D eigenvalue weighted by atomic mass is 16.2. The van der Waals surface area contributed by atoms with Crippen LogP contribution in [-0.4, -0.2) is 28.9 Å². The third-order valence-electron chi connectivity index (χ3n) is 3.83. The third-order valence-corrected chi connectivity index (χ3v) is 3.83. The van der Waals surface area contributed by atoms with Gasteiger partial charge in [0.25, 0.3) is 0 Å². The first-order valence-electron chi connectivity index (χ1n) is 7.44. The standard InChI is InChI=1S/C18H20N2O/c21-18-19(14-16-8-3-1-4-9-16)12-7-13-20(18)15-17-10-5-2-6-11-17/h1-6,8-11H,7,12-15H2. The molecule has 108 valence electrons. The van der Waals surface area contributed by atoms with Crippen LogP contribution in [0.4, 0.5) is 4.79 Å². The van der Waals surface area contributed by atoms with Gasteiger partial charge < -0.3 is 9.80 Å². The summed E-state index contributed by atoms with van der Waals surface area (Å²) in [7, 11) is 0. The van der Waals surface area contributed by atoms with E-state index >= 15 is 0 Å². The molecule has 0 bridgehead atoms. The molecule has 3 nitrogen and oxygen atoms in total. The topological polar surface area (TPSA) is 23.6 Å². The van der Waals surface area contributed by atoms with Crippen LogP contribution in [0, 0.1) is 0 Å². The van der Waals surface area contributed by atoms with Gasteiger partial charge in [0, 0.05) is 26.2 Å². The van der Waals surface area contributed by atoms with E-state index in [4.69, 9.17) is 0 Å². The van der Waals surface area contributed by atoms with Gasteiger partial charge >= 0.3 is 6.03 Å². The summed E-state index contributed by atoms with van der Waals surface area (Å²) in [5.41, 5.74) is 2.37. The van der Waals surface area contributed by atoms with Crippen LogP contribution in [0.15, 0.2) is 60.7 Å². The zero-order valence-electron chi connectivity index (χ0n) is 12.1. The molecule has 3 rings (SSSR count). The molecule has 1 fully saturated rings. The van der Waals surface area contributed by atoms with Gasteiger partial charge in [-0.15, -0.1) is 0 Å². The fourth-order valence-corrected chi connectivity index (χ4v) is 2.74. The first-order chi connectivity index (χ1) is 10.3. The van der Waals surface area contributed by atoms with Gasteiger partial charge in [0.1, 0.15) is 0 Å². The van der Waals surface area contributed by atoms with Crippen molar-refractivity contribution in [3.05, 3.63) is 71.8 Å². The fraction of sp³-hybridized carbons (Fsp3) is 0.278. The van der Waals surface area contributed by atoms with Crippen molar-refractivity contribution >= 4 is 6.03 Å². The Balaban J connectivity index is 1.66. The van der Waals surface area contributed by atoms with Gasteiger partial charge in [-0.3, -0.25) is 0 Å². The number of rotatable bonds is 4. The average molecular weight is 280 g/mol. The molecule has 2 aromatic carbocycles. The normalized spacial score (nSPS) is 15.3. The number of benzene rings is 2. The van der Waals surface area contributed by atoms with Crippen LogP contribution < -0.4 is 0 Å². The Hall–Kier alpha value is -2.29. The van der Waals surface area contributed by atoms with E-state index in [0.29, 0.717) is 13.1 Å². The fourth-order valence-electron chi connectivity index (χ4n) is 2.74. The second kappa shape index (κ2) is 6.44. The van der Waals surface area contributed by atoms with Gasteiger partial charge in [0.15, 0.2) is 0 Å². The molecule has 2 amide bonds. The highest BCUT2D eigenvalue weighted by molar-refractivity contribution is 5.75. The van der Waals surface area contributed by atoms with Crippen molar-refractivity contribution in [2.24, 2.45) is 0 Å². The monoisotopic (exact) mass is 280 g/mol. The number of nitrogens with zero attached hydrogens (tertiary/aromatic N) is 2. The second-order valence-electron chi connectivity index (χ2n) is 5.45. The zero-order chi connectivity index (χ0) is 14.5. The van der Waals surface area contributed by atoms with Gasteiger partial charge in [-0.25, -0.2) is 4.79 Å². The van der Waals surface area contributed by atoms with Gasteiger partial charge in [-0.1, -0.05) is 60.7 Å². The first kappa shape index (κ1) is 13.7. The Morgan fingerprint density at radius 3 is 1.57 bits per heavy atom. The predicted molar refractivity (Wildman–Crippen MR) is 83.7 cm³/mol. The van der Waals surface area contributed by atoms with E-state index in [1.807, 2.05) is 46.2 Å². The molecule has 0 radical (unpaired) electrons. The molecule has 0 aliphatic carbocycles. The largest absolute Gasteiger partial charge is 0.320 e. The van der Waals surface area contributed by atoms with E-state index in [1.54, 1.807) is 0 Å². The summed E-state index contributed by atoms with van der Waals surface area (Å²) in [6.07, 6.45) is 1.03. The summed E-state index contributed by atoms with van der Waals surface area (Å²) < 4.78 is 0. The predicted octanol–water partition coefficient (Wildman–Crippen LogP) is 3.51. The SMILES string of the molecule is O=C1N(Cc2ccccc2)CCCN1Cc1ccccc1. The minimum absolute atomic E-state index is 0.147. The van der Waals surface area contributed by atoms with E-state index in [2.05, 4.69) is 24.3 Å². The minimum atomic E-state index is 0.147. The third kappa shape index (κ3) is 3.43. The molecule has 0 spiro atoms. The van der Waals surface area contributed by atoms with Crippen molar-refractivity contribution in [2.75, 3.05) is 13.1 Å². The van der Waals surface area contributed by atoms with Crippen molar-refractivity contribution in [1.29, 1.82) is 0 Å². The summed E-state index contributed by atoms with van der Waals surface area (Å²) in [6.45, 7) is 3.09. The molecular weight excluding hydrogens is 260 g/mol. The summed E-state index contributed by atoms with van der Waals surface area (Å²) in [5.74, 6) is 0. The number of hydrogen-bond acceptors (Lipinski definition) is 1. The Bertz CT molecular complexity index is 531. The lowest BCUT2D eigenvalue weighted by molar-refractivity contribution is 0.123. The average Bonchev–Trinajstić information content (AvgIpc) is 2.53. The van der Waals surface area contributed by atoms with Gasteiger partial charge in [0.2, 0.25) is 0 Å². The zero-order valence-corrected chi connectivity index (χ0v) is 12.1. The van der Waals surface area contributed by atoms with E-state index < -0.39 is 0 Å². The minimum Gasteiger partial charge on any atom is -0.320 e. The lowest BCUT2D eigenvalue weighted by atomic mass is 10.1. The summed E-state index contributed by atoms with van der Waals surface area (Å²) in [6, 6.07) is 20.5. The van der Waals surface area contributed by atoms with Crippen molar-refractivity contribution in [2.45, 2.75) is 19.5 Å². The number of carbonyl (C=O) groups excluding carboxylic acids is 1. The van der Waals surface area contributed by atoms with E-state index in [0.717, 1.165) is 19.5 Å². The Morgan fingerprint density at radius 2 is 1.14 bits per heavy atom. The molecule has 0 unspecified atom stereocenters. The molecule has 0 N–H and O–H groups in total. The van der Waals surface area contributed by atoms with E-state index in [1.165, 1.54) is 11.1 Å². The maximum absolute atomic E-state index is 12.6. The molecule has 0 aromatic heterocycles. The van der Waals surface area contributed by atoms with E-state index in [9.17, 15) is 4.79 Å². The highest BCUT2D eigenvalue weighted by Gasteiger charge is 2.25. The number of urea groups is 1. The van der Waals surface area contributed by atoms with Crippen LogP contribution in [0.3, 0.4) is 0 Å². The van der Waals surface area contributed by atoms with Gasteiger partial charge in [-0.2, -0.15) is 0 Å². The molecule has 0 atom stereocenters. The van der Waals surface area contributed by atoms with Crippen LogP contribution in [0.25, 0.3) is 0 Å². The van der Waals surface area contributed by atoms with Crippen molar-refractivity contribution < 1.29 is 4.79 Å². The summed E-state index contributed by atoms with van der Waals surface area (Å²) in [5, 5.41) is 0. The molecule has 1 aliphatic rings. The van der Waals surface area contributed by atoms with Crippen LogP contribution in [-0.2, 0) is 13.1 Å². The van der Waals surface area contributed by atoms with Crippen LogP contribution in [0.2, 0.25) is 0 Å². The molecule has 2 aromatic rings. The number of amides is 2. The molecule has 1 aliphatic heterocycles. The lowest BCUT2D eigenvalue weighted by Crippen LogP contribution is -2.48. The Labute approximate surface area is 125 Å². The number of hydrogen-bond donors (Lipinski definition) is 0. The quantitative estimate of drug-likeness (QED) is 0.840. The molecule has 0 saturated carbocycles. The van der Waals surface area contributed by atoms with Crippen molar-refractivity contribution in [3.63, 3.8) is 0 Å². The van der Waals surface area contributed by atoms with Crippen LogP contribution in [0.5, 0.6) is 0 Å².